The van der Waals surface area contributed by atoms with Crippen molar-refractivity contribution in [1.82, 2.24) is 9.55 Å². The minimum atomic E-state index is 0.457. The van der Waals surface area contributed by atoms with Gasteiger partial charge in [-0.15, -0.1) is 0 Å². The third-order valence-corrected chi connectivity index (χ3v) is 4.97. The molecule has 0 aliphatic carbocycles. The molecule has 0 atom stereocenters. The van der Waals surface area contributed by atoms with Crippen molar-refractivity contribution in [3.8, 4) is 11.5 Å². The number of hydrogen-bond donors (Lipinski definition) is 0. The topological polar surface area (TPSA) is 36.3 Å². The van der Waals surface area contributed by atoms with Crippen LogP contribution < -0.4 is 9.47 Å². The van der Waals surface area contributed by atoms with Crippen LogP contribution in [-0.4, -0.2) is 16.2 Å². The van der Waals surface area contributed by atoms with Gasteiger partial charge in [-0.2, -0.15) is 0 Å². The van der Waals surface area contributed by atoms with Gasteiger partial charge in [0.2, 0.25) is 0 Å². The monoisotopic (exact) mass is 386 g/mol. The van der Waals surface area contributed by atoms with Crippen molar-refractivity contribution < 1.29 is 9.47 Å². The zero-order valence-corrected chi connectivity index (χ0v) is 16.8. The number of unbranched alkanes of at least 4 members (excludes halogenated alkanes) is 1. The van der Waals surface area contributed by atoms with E-state index in [-0.39, 0.29) is 0 Å². The Morgan fingerprint density at radius 2 is 1.55 bits per heavy atom. The molecule has 1 aromatic heterocycles. The summed E-state index contributed by atoms with van der Waals surface area (Å²) < 4.78 is 14.2. The second kappa shape index (κ2) is 9.28. The van der Waals surface area contributed by atoms with Gasteiger partial charge < -0.3 is 14.0 Å². The normalized spacial score (nSPS) is 10.9. The Labute approximate surface area is 171 Å². The van der Waals surface area contributed by atoms with Crippen LogP contribution in [0.4, 0.5) is 0 Å². The molecule has 0 N–H and O–H groups in total. The van der Waals surface area contributed by atoms with Crippen molar-refractivity contribution >= 4 is 11.0 Å². The lowest BCUT2D eigenvalue weighted by molar-refractivity contribution is 0.284. The SMILES string of the molecule is Cc1ccccc1OCCCCn1c(COc2ccccc2)nc2ccccc21. The number of rotatable bonds is 9. The fourth-order valence-electron chi connectivity index (χ4n) is 3.42. The van der Waals surface area contributed by atoms with Crippen molar-refractivity contribution in [1.29, 1.82) is 0 Å². The first-order chi connectivity index (χ1) is 14.3. The number of ether oxygens (including phenoxy) is 2. The highest BCUT2D eigenvalue weighted by molar-refractivity contribution is 5.75. The van der Waals surface area contributed by atoms with E-state index in [9.17, 15) is 0 Å². The molecule has 0 aliphatic rings. The molecule has 0 aliphatic heterocycles. The standard InChI is InChI=1S/C25H26N2O2/c1-20-11-5-8-16-24(20)28-18-10-9-17-27-23-15-7-6-14-22(23)26-25(27)19-29-21-12-3-2-4-13-21/h2-8,11-16H,9-10,17-19H2,1H3. The third kappa shape index (κ3) is 4.77. The summed E-state index contributed by atoms with van der Waals surface area (Å²) in [5.74, 6) is 2.78. The summed E-state index contributed by atoms with van der Waals surface area (Å²) in [4.78, 5) is 4.79. The molecular formula is C25H26N2O2. The molecule has 148 valence electrons. The molecule has 0 amide bonds. The Morgan fingerprint density at radius 1 is 0.793 bits per heavy atom. The van der Waals surface area contributed by atoms with E-state index in [1.54, 1.807) is 0 Å². The quantitative estimate of drug-likeness (QED) is 0.342. The van der Waals surface area contributed by atoms with Crippen molar-refractivity contribution in [3.05, 3.63) is 90.3 Å². The van der Waals surface area contributed by atoms with Crippen molar-refractivity contribution in [2.45, 2.75) is 32.9 Å². The van der Waals surface area contributed by atoms with Gasteiger partial charge in [-0.1, -0.05) is 48.5 Å². The molecule has 0 spiro atoms. The van der Waals surface area contributed by atoms with Gasteiger partial charge in [0.15, 0.2) is 0 Å². The van der Waals surface area contributed by atoms with E-state index in [1.165, 1.54) is 5.56 Å². The second-order valence-corrected chi connectivity index (χ2v) is 7.09. The fraction of sp³-hybridized carbons (Fsp3) is 0.240. The lowest BCUT2D eigenvalue weighted by Gasteiger charge is -2.12. The highest BCUT2D eigenvalue weighted by atomic mass is 16.5. The number of aryl methyl sites for hydroxylation is 2. The van der Waals surface area contributed by atoms with Gasteiger partial charge in [-0.25, -0.2) is 4.98 Å². The van der Waals surface area contributed by atoms with Gasteiger partial charge in [0.25, 0.3) is 0 Å². The Hall–Kier alpha value is -3.27. The zero-order valence-electron chi connectivity index (χ0n) is 16.8. The molecule has 0 unspecified atom stereocenters. The molecular weight excluding hydrogens is 360 g/mol. The molecule has 0 fully saturated rings. The number of fused-ring (bicyclic) bond motifs is 1. The average molecular weight is 386 g/mol. The largest absolute Gasteiger partial charge is 0.493 e. The maximum atomic E-state index is 5.95. The Morgan fingerprint density at radius 3 is 2.41 bits per heavy atom. The summed E-state index contributed by atoms with van der Waals surface area (Å²) in [6.07, 6.45) is 2.00. The van der Waals surface area contributed by atoms with Crippen LogP contribution in [0.15, 0.2) is 78.9 Å². The smallest absolute Gasteiger partial charge is 0.147 e. The highest BCUT2D eigenvalue weighted by Gasteiger charge is 2.11. The van der Waals surface area contributed by atoms with Gasteiger partial charge in [0, 0.05) is 6.54 Å². The average Bonchev–Trinajstić information content (AvgIpc) is 3.11. The van der Waals surface area contributed by atoms with Crippen LogP contribution in [0.2, 0.25) is 0 Å². The Bertz CT molecular complexity index is 1060. The molecule has 3 aromatic carbocycles. The summed E-state index contributed by atoms with van der Waals surface area (Å²) in [5, 5.41) is 0. The lowest BCUT2D eigenvalue weighted by atomic mass is 10.2. The first kappa shape index (κ1) is 19.1. The first-order valence-corrected chi connectivity index (χ1v) is 10.1. The molecule has 0 bridgehead atoms. The van der Waals surface area contributed by atoms with Crippen LogP contribution in [0.25, 0.3) is 11.0 Å². The van der Waals surface area contributed by atoms with Crippen molar-refractivity contribution in [2.75, 3.05) is 6.61 Å². The van der Waals surface area contributed by atoms with E-state index >= 15 is 0 Å². The molecule has 4 aromatic rings. The van der Waals surface area contributed by atoms with E-state index in [0.29, 0.717) is 13.2 Å². The minimum absolute atomic E-state index is 0.457. The van der Waals surface area contributed by atoms with Crippen LogP contribution >= 0.6 is 0 Å². The second-order valence-electron chi connectivity index (χ2n) is 7.09. The summed E-state index contributed by atoms with van der Waals surface area (Å²) >= 11 is 0. The van der Waals surface area contributed by atoms with Gasteiger partial charge in [-0.3, -0.25) is 0 Å². The van der Waals surface area contributed by atoms with Crippen LogP contribution in [0.5, 0.6) is 11.5 Å². The summed E-state index contributed by atoms with van der Waals surface area (Å²) in [7, 11) is 0. The summed E-state index contributed by atoms with van der Waals surface area (Å²) in [6, 6.07) is 26.3. The molecule has 4 nitrogen and oxygen atoms in total. The van der Waals surface area contributed by atoms with Gasteiger partial charge in [-0.05, 0) is 55.7 Å². The molecule has 29 heavy (non-hydrogen) atoms. The van der Waals surface area contributed by atoms with Crippen LogP contribution in [0, 0.1) is 6.92 Å². The number of para-hydroxylation sites is 4. The third-order valence-electron chi connectivity index (χ3n) is 4.97. The number of hydrogen-bond acceptors (Lipinski definition) is 3. The van der Waals surface area contributed by atoms with Crippen LogP contribution in [0.3, 0.4) is 0 Å². The number of imidazole rings is 1. The van der Waals surface area contributed by atoms with E-state index in [4.69, 9.17) is 14.5 Å². The van der Waals surface area contributed by atoms with E-state index in [1.807, 2.05) is 54.6 Å². The Balaban J connectivity index is 1.38. The zero-order chi connectivity index (χ0) is 19.9. The van der Waals surface area contributed by atoms with Gasteiger partial charge in [0.1, 0.15) is 23.9 Å². The number of nitrogens with zero attached hydrogens (tertiary/aromatic N) is 2. The molecule has 1 heterocycles. The lowest BCUT2D eigenvalue weighted by Crippen LogP contribution is -2.09. The highest BCUT2D eigenvalue weighted by Crippen LogP contribution is 2.20. The van der Waals surface area contributed by atoms with E-state index in [0.717, 1.165) is 47.7 Å². The van der Waals surface area contributed by atoms with Crippen LogP contribution in [0.1, 0.15) is 24.2 Å². The molecule has 0 radical (unpaired) electrons. The summed E-state index contributed by atoms with van der Waals surface area (Å²) in [5.41, 5.74) is 3.34. The predicted octanol–water partition coefficient (Wildman–Crippen LogP) is 5.78. The summed E-state index contributed by atoms with van der Waals surface area (Å²) in [6.45, 7) is 4.14. The van der Waals surface area contributed by atoms with Gasteiger partial charge >= 0.3 is 0 Å². The van der Waals surface area contributed by atoms with Crippen molar-refractivity contribution in [2.24, 2.45) is 0 Å². The van der Waals surface area contributed by atoms with Gasteiger partial charge in [0.05, 0.1) is 17.6 Å². The van der Waals surface area contributed by atoms with E-state index < -0.39 is 0 Å². The van der Waals surface area contributed by atoms with Crippen molar-refractivity contribution in [3.63, 3.8) is 0 Å². The molecule has 0 saturated carbocycles. The minimum Gasteiger partial charge on any atom is -0.493 e. The maximum absolute atomic E-state index is 5.95. The predicted molar refractivity (Wildman–Crippen MR) is 116 cm³/mol. The fourth-order valence-corrected chi connectivity index (χ4v) is 3.42. The first-order valence-electron chi connectivity index (χ1n) is 10.1. The number of benzene rings is 3. The Kier molecular flexibility index (Phi) is 6.10. The molecule has 0 saturated heterocycles. The van der Waals surface area contributed by atoms with E-state index in [2.05, 4.69) is 35.8 Å². The van der Waals surface area contributed by atoms with Crippen LogP contribution in [-0.2, 0) is 13.2 Å². The molecule has 4 rings (SSSR count). The number of aromatic nitrogens is 2. The maximum Gasteiger partial charge on any atom is 0.147 e. The molecule has 4 heteroatoms.